The van der Waals surface area contributed by atoms with E-state index >= 15 is 0 Å². The maximum Gasteiger partial charge on any atom is 0.391 e. The fraction of sp³-hybridized carbons (Fsp3) is 0.583. The summed E-state index contributed by atoms with van der Waals surface area (Å²) in [5.41, 5.74) is 4.09. The zero-order valence-electron chi connectivity index (χ0n) is 19.2. The van der Waals surface area contributed by atoms with Crippen molar-refractivity contribution >= 4 is 17.0 Å². The second-order valence-corrected chi connectivity index (χ2v) is 9.87. The maximum atomic E-state index is 13.2. The lowest BCUT2D eigenvalue weighted by Gasteiger charge is -2.37. The predicted molar refractivity (Wildman–Crippen MR) is 120 cm³/mol. The Hall–Kier alpha value is -2.75. The van der Waals surface area contributed by atoms with Crippen LogP contribution in [0, 0.1) is 19.8 Å². The Labute approximate surface area is 195 Å². The highest BCUT2D eigenvalue weighted by Gasteiger charge is 2.49. The molecule has 4 heterocycles. The highest BCUT2D eigenvalue weighted by Crippen LogP contribution is 2.50. The minimum Gasteiger partial charge on any atom is -0.370 e. The lowest BCUT2D eigenvalue weighted by atomic mass is 9.72. The number of alkyl halides is 3. The van der Waals surface area contributed by atoms with E-state index in [4.69, 9.17) is 14.7 Å². The number of aryl methyl sites for hydroxylation is 2. The molecule has 3 aromatic rings. The number of hydrogen-bond acceptors (Lipinski definition) is 6. The van der Waals surface area contributed by atoms with Crippen LogP contribution in [0.3, 0.4) is 0 Å². The van der Waals surface area contributed by atoms with E-state index in [0.29, 0.717) is 43.0 Å². The normalized spacial score (nSPS) is 25.6. The van der Waals surface area contributed by atoms with Gasteiger partial charge in [-0.1, -0.05) is 0 Å². The molecule has 3 aliphatic rings. The molecule has 1 aliphatic heterocycles. The molecule has 7 nitrogen and oxygen atoms in total. The summed E-state index contributed by atoms with van der Waals surface area (Å²) in [5, 5.41) is 5.24. The molecule has 0 radical (unpaired) electrons. The molecule has 2 saturated carbocycles. The van der Waals surface area contributed by atoms with Crippen molar-refractivity contribution in [1.82, 2.24) is 24.7 Å². The van der Waals surface area contributed by atoms with E-state index in [1.165, 1.54) is 0 Å². The molecule has 1 unspecified atom stereocenters. The largest absolute Gasteiger partial charge is 0.391 e. The first-order chi connectivity index (χ1) is 16.3. The van der Waals surface area contributed by atoms with E-state index < -0.39 is 12.1 Å². The topological polar surface area (TPSA) is 69.0 Å². The lowest BCUT2D eigenvalue weighted by Crippen LogP contribution is -2.40. The predicted octanol–water partition coefficient (Wildman–Crippen LogP) is 4.81. The Balaban J connectivity index is 1.32. The van der Waals surface area contributed by atoms with Crippen molar-refractivity contribution < 1.29 is 17.9 Å². The third-order valence-corrected chi connectivity index (χ3v) is 7.40. The Morgan fingerprint density at radius 2 is 1.88 bits per heavy atom. The third-order valence-electron chi connectivity index (χ3n) is 7.40. The number of halogens is 3. The molecule has 1 saturated heterocycles. The Morgan fingerprint density at radius 3 is 2.62 bits per heavy atom. The van der Waals surface area contributed by atoms with Gasteiger partial charge in [-0.25, -0.2) is 9.97 Å². The van der Waals surface area contributed by atoms with Gasteiger partial charge in [-0.05, 0) is 51.2 Å². The summed E-state index contributed by atoms with van der Waals surface area (Å²) in [6.07, 6.45) is 2.05. The zero-order chi connectivity index (χ0) is 23.6. The Kier molecular flexibility index (Phi) is 5.05. The van der Waals surface area contributed by atoms with Gasteiger partial charge in [-0.15, -0.1) is 0 Å². The van der Waals surface area contributed by atoms with E-state index in [2.05, 4.69) is 21.2 Å². The van der Waals surface area contributed by atoms with Gasteiger partial charge in [0, 0.05) is 35.3 Å². The number of fused-ring (bicyclic) bond motifs is 1. The molecule has 0 amide bonds. The summed E-state index contributed by atoms with van der Waals surface area (Å²) in [4.78, 5) is 16.3. The molecule has 0 N–H and O–H groups in total. The van der Waals surface area contributed by atoms with Crippen LogP contribution >= 0.6 is 0 Å². The van der Waals surface area contributed by atoms with Crippen molar-refractivity contribution in [3.63, 3.8) is 0 Å². The molecule has 10 heteroatoms. The van der Waals surface area contributed by atoms with E-state index in [-0.39, 0.29) is 24.9 Å². The van der Waals surface area contributed by atoms with Crippen LogP contribution in [0.2, 0.25) is 0 Å². The molecule has 2 aliphatic carbocycles. The molecule has 0 bridgehead atoms. The van der Waals surface area contributed by atoms with Gasteiger partial charge in [0.05, 0.1) is 37.0 Å². The highest BCUT2D eigenvalue weighted by atomic mass is 19.4. The van der Waals surface area contributed by atoms with Gasteiger partial charge in [0.15, 0.2) is 5.65 Å². The van der Waals surface area contributed by atoms with Crippen molar-refractivity contribution in [1.29, 1.82) is 0 Å². The van der Waals surface area contributed by atoms with Crippen LogP contribution < -0.4 is 4.90 Å². The molecule has 3 fully saturated rings. The zero-order valence-corrected chi connectivity index (χ0v) is 19.2. The SMILES string of the molecule is Cc1cc2c(C3CC(C(F)(F)F)C3)nc(N3CCOC(c4cnn(C5CC5)c4)C3)nc2nc1C. The highest BCUT2D eigenvalue weighted by molar-refractivity contribution is 5.80. The average molecular weight is 473 g/mol. The molecule has 0 spiro atoms. The van der Waals surface area contributed by atoms with Gasteiger partial charge < -0.3 is 9.64 Å². The number of rotatable bonds is 4. The van der Waals surface area contributed by atoms with Gasteiger partial charge in [0.1, 0.15) is 6.10 Å². The summed E-state index contributed by atoms with van der Waals surface area (Å²) in [6.45, 7) is 5.55. The minimum atomic E-state index is -4.16. The lowest BCUT2D eigenvalue weighted by molar-refractivity contribution is -0.197. The number of aromatic nitrogens is 5. The molecule has 180 valence electrons. The average Bonchev–Trinajstić information content (AvgIpc) is 3.49. The molecule has 1 atom stereocenters. The number of morpholine rings is 1. The maximum absolute atomic E-state index is 13.2. The molecular formula is C24H27F3N6O. The van der Waals surface area contributed by atoms with E-state index in [1.54, 1.807) is 0 Å². The fourth-order valence-corrected chi connectivity index (χ4v) is 4.91. The summed E-state index contributed by atoms with van der Waals surface area (Å²) < 4.78 is 47.6. The Morgan fingerprint density at radius 1 is 1.09 bits per heavy atom. The second kappa shape index (κ2) is 7.90. The van der Waals surface area contributed by atoms with Crippen molar-refractivity contribution in [2.45, 2.75) is 63.8 Å². The van der Waals surface area contributed by atoms with Crippen molar-refractivity contribution in [3.8, 4) is 0 Å². The van der Waals surface area contributed by atoms with Crippen molar-refractivity contribution in [3.05, 3.63) is 41.0 Å². The molecule has 6 rings (SSSR count). The first-order valence-corrected chi connectivity index (χ1v) is 11.9. The van der Waals surface area contributed by atoms with Crippen LogP contribution in [0.5, 0.6) is 0 Å². The minimum absolute atomic E-state index is 0.0636. The molecule has 3 aromatic heterocycles. The molecular weight excluding hydrogens is 445 g/mol. The summed E-state index contributed by atoms with van der Waals surface area (Å²) in [5.74, 6) is -0.994. The van der Waals surface area contributed by atoms with Gasteiger partial charge in [-0.2, -0.15) is 23.3 Å². The van der Waals surface area contributed by atoms with Gasteiger partial charge >= 0.3 is 6.18 Å². The van der Waals surface area contributed by atoms with E-state index in [0.717, 1.165) is 35.0 Å². The monoisotopic (exact) mass is 472 g/mol. The molecule has 34 heavy (non-hydrogen) atoms. The fourth-order valence-electron chi connectivity index (χ4n) is 4.91. The number of nitrogens with zero attached hydrogens (tertiary/aromatic N) is 6. The van der Waals surface area contributed by atoms with Crippen LogP contribution in [-0.4, -0.2) is 50.6 Å². The molecule has 0 aromatic carbocycles. The van der Waals surface area contributed by atoms with E-state index in [9.17, 15) is 13.2 Å². The van der Waals surface area contributed by atoms with Gasteiger partial charge in [-0.3, -0.25) is 4.68 Å². The third kappa shape index (κ3) is 3.91. The number of hydrogen-bond donors (Lipinski definition) is 0. The first-order valence-electron chi connectivity index (χ1n) is 11.9. The number of ether oxygens (including phenoxy) is 1. The summed E-state index contributed by atoms with van der Waals surface area (Å²) >= 11 is 0. The smallest absolute Gasteiger partial charge is 0.370 e. The van der Waals surface area contributed by atoms with Gasteiger partial charge in [0.25, 0.3) is 0 Å². The van der Waals surface area contributed by atoms with Crippen LogP contribution in [0.4, 0.5) is 19.1 Å². The summed E-state index contributed by atoms with van der Waals surface area (Å²) in [6, 6.07) is 2.46. The van der Waals surface area contributed by atoms with Crippen LogP contribution in [-0.2, 0) is 4.74 Å². The number of anilines is 1. The summed E-state index contributed by atoms with van der Waals surface area (Å²) in [7, 11) is 0. The van der Waals surface area contributed by atoms with Crippen molar-refractivity contribution in [2.75, 3.05) is 24.6 Å². The van der Waals surface area contributed by atoms with Crippen molar-refractivity contribution in [2.24, 2.45) is 5.92 Å². The van der Waals surface area contributed by atoms with Gasteiger partial charge in [0.2, 0.25) is 5.95 Å². The quantitative estimate of drug-likeness (QED) is 0.543. The van der Waals surface area contributed by atoms with Crippen LogP contribution in [0.15, 0.2) is 18.5 Å². The van der Waals surface area contributed by atoms with E-state index in [1.807, 2.05) is 30.8 Å². The first kappa shape index (κ1) is 21.8. The Bertz CT molecular complexity index is 1230. The second-order valence-electron chi connectivity index (χ2n) is 9.87. The standard InChI is InChI=1S/C24H27F3N6O/c1-13-7-19-21(15-8-17(9-15)24(25,26)27)30-23(31-22(19)29-14(13)2)32-5-6-34-20(12-32)16-10-28-33(11-16)18-3-4-18/h7,10-11,15,17-18,20H,3-6,8-9,12H2,1-2H3. The van der Waals surface area contributed by atoms with Crippen LogP contribution in [0.25, 0.3) is 11.0 Å². The van der Waals surface area contributed by atoms with Crippen LogP contribution in [0.1, 0.15) is 66.3 Å². The number of pyridine rings is 1.